The molecule has 2 rings (SSSR count). The fraction of sp³-hybridized carbons (Fsp3) is 0.333. The molecular weight excluding hydrogens is 330 g/mol. The lowest BCUT2D eigenvalue weighted by molar-refractivity contribution is -0.112. The van der Waals surface area contributed by atoms with E-state index in [9.17, 15) is 14.7 Å². The summed E-state index contributed by atoms with van der Waals surface area (Å²) in [6, 6.07) is 15.4. The Kier molecular flexibility index (Phi) is 6.39. The van der Waals surface area contributed by atoms with E-state index in [4.69, 9.17) is 4.74 Å². The van der Waals surface area contributed by atoms with Crippen molar-refractivity contribution < 1.29 is 19.4 Å². The highest BCUT2D eigenvalue weighted by atomic mass is 16.6. The second-order valence-corrected chi connectivity index (χ2v) is 7.17. The summed E-state index contributed by atoms with van der Waals surface area (Å²) in [5, 5.41) is 9.41. The Bertz CT molecular complexity index is 720. The van der Waals surface area contributed by atoms with E-state index in [0.717, 1.165) is 17.4 Å². The first-order valence-corrected chi connectivity index (χ1v) is 8.55. The zero-order chi connectivity index (χ0) is 19.2. The van der Waals surface area contributed by atoms with Gasteiger partial charge in [-0.15, -0.1) is 0 Å². The van der Waals surface area contributed by atoms with Crippen molar-refractivity contribution in [3.8, 4) is 5.75 Å². The molecule has 0 aliphatic rings. The lowest BCUT2D eigenvalue weighted by Crippen LogP contribution is -2.44. The van der Waals surface area contributed by atoms with Gasteiger partial charge in [-0.2, -0.15) is 0 Å². The number of phenols is 1. The van der Waals surface area contributed by atoms with Crippen molar-refractivity contribution in [2.24, 2.45) is 0 Å². The zero-order valence-corrected chi connectivity index (χ0v) is 15.4. The number of aldehydes is 1. The number of rotatable bonds is 6. The van der Waals surface area contributed by atoms with Crippen LogP contribution in [-0.2, 0) is 22.5 Å². The van der Waals surface area contributed by atoms with Crippen molar-refractivity contribution in [3.05, 3.63) is 65.7 Å². The molecule has 0 radical (unpaired) electrons. The fourth-order valence-corrected chi connectivity index (χ4v) is 2.52. The van der Waals surface area contributed by atoms with Crippen LogP contribution in [0.5, 0.6) is 5.75 Å². The van der Waals surface area contributed by atoms with Crippen molar-refractivity contribution in [2.75, 3.05) is 0 Å². The summed E-state index contributed by atoms with van der Waals surface area (Å²) < 4.78 is 5.50. The van der Waals surface area contributed by atoms with E-state index in [1.165, 1.54) is 4.90 Å². The Morgan fingerprint density at radius 1 is 1.08 bits per heavy atom. The molecule has 26 heavy (non-hydrogen) atoms. The molecule has 5 nitrogen and oxygen atoms in total. The molecule has 1 atom stereocenters. The van der Waals surface area contributed by atoms with Crippen LogP contribution in [0.1, 0.15) is 31.9 Å². The summed E-state index contributed by atoms with van der Waals surface area (Å²) in [7, 11) is 0. The van der Waals surface area contributed by atoms with Crippen LogP contribution in [0.2, 0.25) is 0 Å². The van der Waals surface area contributed by atoms with Crippen LogP contribution >= 0.6 is 0 Å². The SMILES string of the molecule is CC(C)(C)OC(=O)N(Cc1ccccc1)[C@H](C=O)Cc1ccc(O)cc1. The smallest absolute Gasteiger partial charge is 0.411 e. The molecular formula is C21H25NO4. The molecule has 0 bridgehead atoms. The minimum atomic E-state index is -0.672. The fourth-order valence-electron chi connectivity index (χ4n) is 2.52. The van der Waals surface area contributed by atoms with Gasteiger partial charge in [0, 0.05) is 6.54 Å². The molecule has 1 amide bonds. The number of phenolic OH excluding ortho intramolecular Hbond substituents is 1. The van der Waals surface area contributed by atoms with E-state index in [-0.39, 0.29) is 12.3 Å². The number of hydrogen-bond donors (Lipinski definition) is 1. The third-order valence-corrected chi connectivity index (χ3v) is 3.76. The molecule has 0 aliphatic heterocycles. The van der Waals surface area contributed by atoms with E-state index in [0.29, 0.717) is 6.42 Å². The summed E-state index contributed by atoms with van der Waals surface area (Å²) in [4.78, 5) is 25.9. The molecule has 5 heteroatoms. The van der Waals surface area contributed by atoms with Gasteiger partial charge in [0.05, 0.1) is 6.04 Å². The second-order valence-electron chi connectivity index (χ2n) is 7.17. The zero-order valence-electron chi connectivity index (χ0n) is 15.4. The molecule has 0 saturated heterocycles. The first kappa shape index (κ1) is 19.5. The van der Waals surface area contributed by atoms with Gasteiger partial charge >= 0.3 is 6.09 Å². The number of benzene rings is 2. The maximum Gasteiger partial charge on any atom is 0.411 e. The first-order chi connectivity index (χ1) is 12.3. The third kappa shape index (κ3) is 5.92. The Labute approximate surface area is 154 Å². The van der Waals surface area contributed by atoms with Crippen LogP contribution in [0.4, 0.5) is 4.79 Å². The van der Waals surface area contributed by atoms with E-state index in [1.807, 2.05) is 30.3 Å². The van der Waals surface area contributed by atoms with Gasteiger partial charge in [-0.1, -0.05) is 42.5 Å². The molecule has 2 aromatic carbocycles. The highest BCUT2D eigenvalue weighted by molar-refractivity contribution is 5.74. The van der Waals surface area contributed by atoms with Gasteiger partial charge in [-0.3, -0.25) is 4.90 Å². The van der Waals surface area contributed by atoms with Crippen LogP contribution in [-0.4, -0.2) is 34.0 Å². The number of ether oxygens (including phenoxy) is 1. The molecule has 2 aromatic rings. The van der Waals surface area contributed by atoms with Crippen LogP contribution in [0.25, 0.3) is 0 Å². The molecule has 0 aliphatic carbocycles. The van der Waals surface area contributed by atoms with Crippen molar-refractivity contribution >= 4 is 12.4 Å². The van der Waals surface area contributed by atoms with Crippen molar-refractivity contribution in [1.82, 2.24) is 4.90 Å². The minimum Gasteiger partial charge on any atom is -0.508 e. The Balaban J connectivity index is 2.25. The van der Waals surface area contributed by atoms with Crippen LogP contribution in [0, 0.1) is 0 Å². The molecule has 138 valence electrons. The summed E-state index contributed by atoms with van der Waals surface area (Å²) in [6.45, 7) is 5.65. The van der Waals surface area contributed by atoms with Crippen LogP contribution in [0.3, 0.4) is 0 Å². The largest absolute Gasteiger partial charge is 0.508 e. The van der Waals surface area contributed by atoms with Gasteiger partial charge in [-0.25, -0.2) is 4.79 Å². The Hall–Kier alpha value is -2.82. The normalized spacial score (nSPS) is 12.3. The van der Waals surface area contributed by atoms with E-state index in [2.05, 4.69) is 0 Å². The molecule has 0 spiro atoms. The minimum absolute atomic E-state index is 0.157. The van der Waals surface area contributed by atoms with Gasteiger partial charge in [0.15, 0.2) is 0 Å². The Morgan fingerprint density at radius 2 is 1.69 bits per heavy atom. The number of carbonyl (C=O) groups excluding carboxylic acids is 2. The van der Waals surface area contributed by atoms with Gasteiger partial charge < -0.3 is 14.6 Å². The quantitative estimate of drug-likeness (QED) is 0.797. The number of hydrogen-bond acceptors (Lipinski definition) is 4. The lowest BCUT2D eigenvalue weighted by Gasteiger charge is -2.31. The summed E-state index contributed by atoms with van der Waals surface area (Å²) in [5.41, 5.74) is 1.11. The summed E-state index contributed by atoms with van der Waals surface area (Å²) in [6.07, 6.45) is 0.576. The molecule has 0 unspecified atom stereocenters. The summed E-state index contributed by atoms with van der Waals surface area (Å²) in [5.74, 6) is 0.157. The van der Waals surface area contributed by atoms with E-state index >= 15 is 0 Å². The molecule has 1 N–H and O–H groups in total. The number of carbonyl (C=O) groups is 2. The second kappa shape index (κ2) is 8.52. The maximum atomic E-state index is 12.7. The van der Waals surface area contributed by atoms with Gasteiger partial charge in [0.25, 0.3) is 0 Å². The predicted octanol–water partition coefficient (Wildman–Crippen LogP) is 3.94. The number of amides is 1. The van der Waals surface area contributed by atoms with E-state index in [1.54, 1.807) is 45.0 Å². The number of aromatic hydroxyl groups is 1. The third-order valence-electron chi connectivity index (χ3n) is 3.76. The lowest BCUT2D eigenvalue weighted by atomic mass is 10.0. The highest BCUT2D eigenvalue weighted by Gasteiger charge is 2.28. The predicted molar refractivity (Wildman–Crippen MR) is 99.9 cm³/mol. The van der Waals surface area contributed by atoms with Gasteiger partial charge in [0.2, 0.25) is 0 Å². The molecule has 0 heterocycles. The Morgan fingerprint density at radius 3 is 2.23 bits per heavy atom. The average Bonchev–Trinajstić information content (AvgIpc) is 2.59. The van der Waals surface area contributed by atoms with Crippen molar-refractivity contribution in [1.29, 1.82) is 0 Å². The standard InChI is InChI=1S/C21H25NO4/c1-21(2,3)26-20(25)22(14-17-7-5-4-6-8-17)18(15-23)13-16-9-11-19(24)12-10-16/h4-12,15,18,24H,13-14H2,1-3H3/t18-/m0/s1. The molecule has 0 saturated carbocycles. The monoisotopic (exact) mass is 355 g/mol. The average molecular weight is 355 g/mol. The topological polar surface area (TPSA) is 66.8 Å². The maximum absolute atomic E-state index is 12.7. The van der Waals surface area contributed by atoms with Crippen LogP contribution < -0.4 is 0 Å². The first-order valence-electron chi connectivity index (χ1n) is 8.55. The molecule has 0 fully saturated rings. The van der Waals surface area contributed by atoms with Crippen LogP contribution in [0.15, 0.2) is 54.6 Å². The van der Waals surface area contributed by atoms with Crippen molar-refractivity contribution in [3.63, 3.8) is 0 Å². The van der Waals surface area contributed by atoms with Crippen molar-refractivity contribution in [2.45, 2.75) is 45.4 Å². The highest BCUT2D eigenvalue weighted by Crippen LogP contribution is 2.18. The van der Waals surface area contributed by atoms with Gasteiger partial charge in [-0.05, 0) is 50.5 Å². The van der Waals surface area contributed by atoms with E-state index < -0.39 is 17.7 Å². The number of nitrogens with zero attached hydrogens (tertiary/aromatic N) is 1. The summed E-state index contributed by atoms with van der Waals surface area (Å²) >= 11 is 0. The molecule has 0 aromatic heterocycles. The van der Waals surface area contributed by atoms with Gasteiger partial charge in [0.1, 0.15) is 17.6 Å².